The van der Waals surface area contributed by atoms with E-state index < -0.39 is 16.0 Å². The van der Waals surface area contributed by atoms with Crippen LogP contribution in [0, 0.1) is 0 Å². The first-order valence-electron chi connectivity index (χ1n) is 9.80. The van der Waals surface area contributed by atoms with Gasteiger partial charge in [-0.2, -0.15) is 4.31 Å². The molecular formula is C23H23NO5S. The summed E-state index contributed by atoms with van der Waals surface area (Å²) in [6, 6.07) is 19.0. The standard InChI is InChI=1S/C23H23NO5S/c1-16-14-24(15-17(2)28-16)30(26,27)20-12-10-19(11-13-20)23(25)29-22-9-5-7-18-6-3-4-8-21(18)22/h3-13,16-17H,14-15H2,1-2H3. The SMILES string of the molecule is CC1CN(S(=O)(=O)c2ccc(C(=O)Oc3cccc4ccccc34)cc2)CC(C)O1. The monoisotopic (exact) mass is 425 g/mol. The predicted octanol–water partition coefficient (Wildman–Crippen LogP) is 3.86. The Labute approximate surface area is 176 Å². The Bertz CT molecular complexity index is 1160. The molecule has 0 aliphatic carbocycles. The third kappa shape index (κ3) is 4.09. The Morgan fingerprint density at radius 3 is 2.27 bits per heavy atom. The molecule has 1 aliphatic rings. The van der Waals surface area contributed by atoms with Gasteiger partial charge in [0.2, 0.25) is 10.0 Å². The smallest absolute Gasteiger partial charge is 0.343 e. The van der Waals surface area contributed by atoms with Crippen molar-refractivity contribution in [2.24, 2.45) is 0 Å². The average molecular weight is 426 g/mol. The van der Waals surface area contributed by atoms with E-state index in [0.717, 1.165) is 10.8 Å². The molecule has 3 aromatic carbocycles. The summed E-state index contributed by atoms with van der Waals surface area (Å²) in [5.74, 6) is -0.0741. The lowest BCUT2D eigenvalue weighted by Crippen LogP contribution is -2.48. The van der Waals surface area contributed by atoms with E-state index in [9.17, 15) is 13.2 Å². The van der Waals surface area contributed by atoms with Crippen LogP contribution in [0.25, 0.3) is 10.8 Å². The summed E-state index contributed by atoms with van der Waals surface area (Å²) < 4.78 is 38.5. The Morgan fingerprint density at radius 2 is 1.57 bits per heavy atom. The van der Waals surface area contributed by atoms with Gasteiger partial charge in [-0.1, -0.05) is 36.4 Å². The summed E-state index contributed by atoms with van der Waals surface area (Å²) in [6.45, 7) is 4.31. The number of nitrogens with zero attached hydrogens (tertiary/aromatic N) is 1. The molecule has 0 N–H and O–H groups in total. The summed E-state index contributed by atoms with van der Waals surface area (Å²) in [6.07, 6.45) is -0.336. The number of hydrogen-bond donors (Lipinski definition) is 0. The van der Waals surface area contributed by atoms with Crippen molar-refractivity contribution in [3.63, 3.8) is 0 Å². The van der Waals surface area contributed by atoms with E-state index >= 15 is 0 Å². The highest BCUT2D eigenvalue weighted by Crippen LogP contribution is 2.26. The molecule has 2 atom stereocenters. The van der Waals surface area contributed by atoms with Crippen molar-refractivity contribution in [1.29, 1.82) is 0 Å². The van der Waals surface area contributed by atoms with Gasteiger partial charge in [-0.25, -0.2) is 13.2 Å². The molecule has 1 saturated heterocycles. The Hall–Kier alpha value is -2.74. The second kappa shape index (κ2) is 8.18. The minimum Gasteiger partial charge on any atom is -0.422 e. The summed E-state index contributed by atoms with van der Waals surface area (Å²) in [4.78, 5) is 12.8. The lowest BCUT2D eigenvalue weighted by Gasteiger charge is -2.34. The number of ether oxygens (including phenoxy) is 2. The third-order valence-electron chi connectivity index (χ3n) is 5.07. The van der Waals surface area contributed by atoms with Crippen molar-refractivity contribution in [3.8, 4) is 5.75 Å². The first-order valence-corrected chi connectivity index (χ1v) is 11.2. The summed E-state index contributed by atoms with van der Waals surface area (Å²) in [5, 5.41) is 1.81. The van der Waals surface area contributed by atoms with Crippen molar-refractivity contribution >= 4 is 26.8 Å². The quantitative estimate of drug-likeness (QED) is 0.469. The molecule has 4 rings (SSSR count). The van der Waals surface area contributed by atoms with Gasteiger partial charge in [0.15, 0.2) is 0 Å². The van der Waals surface area contributed by atoms with Gasteiger partial charge in [0.1, 0.15) is 5.75 Å². The molecule has 156 valence electrons. The van der Waals surface area contributed by atoms with Crippen LogP contribution in [-0.2, 0) is 14.8 Å². The normalized spacial score (nSPS) is 20.2. The van der Waals surface area contributed by atoms with E-state index in [1.165, 1.54) is 28.6 Å². The number of carbonyl (C=O) groups is 1. The van der Waals surface area contributed by atoms with E-state index in [2.05, 4.69) is 0 Å². The zero-order chi connectivity index (χ0) is 21.3. The predicted molar refractivity (Wildman–Crippen MR) is 114 cm³/mol. The van der Waals surface area contributed by atoms with E-state index in [4.69, 9.17) is 9.47 Å². The molecule has 0 spiro atoms. The topological polar surface area (TPSA) is 72.9 Å². The molecule has 3 aromatic rings. The molecule has 0 amide bonds. The van der Waals surface area contributed by atoms with Gasteiger partial charge in [-0.3, -0.25) is 0 Å². The number of morpholine rings is 1. The van der Waals surface area contributed by atoms with Crippen LogP contribution in [0.1, 0.15) is 24.2 Å². The van der Waals surface area contributed by atoms with Crippen molar-refractivity contribution < 1.29 is 22.7 Å². The maximum atomic E-state index is 13.0. The molecular weight excluding hydrogens is 402 g/mol. The lowest BCUT2D eigenvalue weighted by molar-refractivity contribution is -0.0440. The maximum absolute atomic E-state index is 13.0. The molecule has 1 heterocycles. The minimum atomic E-state index is -3.66. The van der Waals surface area contributed by atoms with Gasteiger partial charge in [0.05, 0.1) is 22.7 Å². The van der Waals surface area contributed by atoms with Crippen molar-refractivity contribution in [3.05, 3.63) is 72.3 Å². The van der Waals surface area contributed by atoms with Gasteiger partial charge in [-0.05, 0) is 49.6 Å². The first-order chi connectivity index (χ1) is 14.3. The Kier molecular flexibility index (Phi) is 5.60. The van der Waals surface area contributed by atoms with Crippen LogP contribution in [0.4, 0.5) is 0 Å². The number of benzene rings is 3. The Balaban J connectivity index is 1.53. The van der Waals surface area contributed by atoms with Gasteiger partial charge in [0.25, 0.3) is 0 Å². The van der Waals surface area contributed by atoms with Crippen molar-refractivity contribution in [2.45, 2.75) is 31.0 Å². The zero-order valence-corrected chi connectivity index (χ0v) is 17.6. The van der Waals surface area contributed by atoms with E-state index in [1.54, 1.807) is 6.07 Å². The fraction of sp³-hybridized carbons (Fsp3) is 0.261. The lowest BCUT2D eigenvalue weighted by atomic mass is 10.1. The molecule has 0 bridgehead atoms. The van der Waals surface area contributed by atoms with Crippen LogP contribution < -0.4 is 4.74 Å². The number of esters is 1. The summed E-state index contributed by atoms with van der Waals surface area (Å²) in [7, 11) is -3.66. The van der Waals surface area contributed by atoms with Gasteiger partial charge >= 0.3 is 5.97 Å². The average Bonchev–Trinajstić information content (AvgIpc) is 2.73. The second-order valence-electron chi connectivity index (χ2n) is 7.47. The first kappa shape index (κ1) is 20.5. The van der Waals surface area contributed by atoms with Crippen LogP contribution >= 0.6 is 0 Å². The second-order valence-corrected chi connectivity index (χ2v) is 9.41. The number of carbonyl (C=O) groups excluding carboxylic acids is 1. The van der Waals surface area contributed by atoms with Crippen LogP contribution in [0.3, 0.4) is 0 Å². The van der Waals surface area contributed by atoms with Crippen LogP contribution in [0.2, 0.25) is 0 Å². The van der Waals surface area contributed by atoms with E-state index in [-0.39, 0.29) is 22.7 Å². The molecule has 6 nitrogen and oxygen atoms in total. The van der Waals surface area contributed by atoms with Crippen molar-refractivity contribution in [1.82, 2.24) is 4.31 Å². The highest BCUT2D eigenvalue weighted by molar-refractivity contribution is 7.89. The molecule has 0 saturated carbocycles. The number of sulfonamides is 1. The molecule has 0 radical (unpaired) electrons. The Morgan fingerprint density at radius 1 is 0.933 bits per heavy atom. The molecule has 1 aliphatic heterocycles. The van der Waals surface area contributed by atoms with Gasteiger partial charge in [-0.15, -0.1) is 0 Å². The highest BCUT2D eigenvalue weighted by Gasteiger charge is 2.32. The van der Waals surface area contributed by atoms with E-state index in [0.29, 0.717) is 18.8 Å². The fourth-order valence-corrected chi connectivity index (χ4v) is 5.27. The minimum absolute atomic E-state index is 0.144. The summed E-state index contributed by atoms with van der Waals surface area (Å²) >= 11 is 0. The van der Waals surface area contributed by atoms with Crippen molar-refractivity contribution in [2.75, 3.05) is 13.1 Å². The van der Waals surface area contributed by atoms with Crippen LogP contribution in [0.5, 0.6) is 5.75 Å². The molecule has 2 unspecified atom stereocenters. The number of fused-ring (bicyclic) bond motifs is 1. The van der Waals surface area contributed by atoms with Crippen LogP contribution in [-0.4, -0.2) is 44.0 Å². The van der Waals surface area contributed by atoms with Gasteiger partial charge < -0.3 is 9.47 Å². The third-order valence-corrected chi connectivity index (χ3v) is 6.91. The molecule has 7 heteroatoms. The van der Waals surface area contributed by atoms with Gasteiger partial charge in [0, 0.05) is 18.5 Å². The number of rotatable bonds is 4. The van der Waals surface area contributed by atoms with Crippen LogP contribution in [0.15, 0.2) is 71.6 Å². The fourth-order valence-electron chi connectivity index (χ4n) is 3.68. The molecule has 1 fully saturated rings. The zero-order valence-electron chi connectivity index (χ0n) is 16.8. The number of hydrogen-bond acceptors (Lipinski definition) is 5. The summed E-state index contributed by atoms with van der Waals surface area (Å²) in [5.41, 5.74) is 0.283. The molecule has 30 heavy (non-hydrogen) atoms. The largest absolute Gasteiger partial charge is 0.422 e. The van der Waals surface area contributed by atoms with E-state index in [1.807, 2.05) is 50.2 Å². The maximum Gasteiger partial charge on any atom is 0.343 e. The highest BCUT2D eigenvalue weighted by atomic mass is 32.2. The molecule has 0 aromatic heterocycles.